The van der Waals surface area contributed by atoms with Crippen LogP contribution >= 0.6 is 16.5 Å². The quantitative estimate of drug-likeness (QED) is 0.599. The van der Waals surface area contributed by atoms with Crippen molar-refractivity contribution in [3.63, 3.8) is 0 Å². The van der Waals surface area contributed by atoms with Crippen molar-refractivity contribution in [2.45, 2.75) is 31.7 Å². The van der Waals surface area contributed by atoms with Crippen LogP contribution in [0.3, 0.4) is 0 Å². The summed E-state index contributed by atoms with van der Waals surface area (Å²) in [5.74, 6) is 2.40. The molecular formula is C12H20PSSe+. The Morgan fingerprint density at radius 2 is 1.67 bits per heavy atom. The van der Waals surface area contributed by atoms with Crippen molar-refractivity contribution in [3.8, 4) is 0 Å². The van der Waals surface area contributed by atoms with Crippen LogP contribution in [0.1, 0.15) is 20.8 Å². The van der Waals surface area contributed by atoms with Crippen molar-refractivity contribution < 1.29 is 0 Å². The molecule has 1 atom stereocenters. The molecule has 0 spiro atoms. The van der Waals surface area contributed by atoms with Crippen LogP contribution in [0.4, 0.5) is 0 Å². The van der Waals surface area contributed by atoms with Crippen molar-refractivity contribution in [2.75, 3.05) is 6.26 Å². The van der Waals surface area contributed by atoms with Crippen LogP contribution < -0.4 is 5.30 Å². The third-order valence-corrected chi connectivity index (χ3v) is 23.2. The molecule has 1 aromatic carbocycles. The SMILES string of the molecule is CS[P+]([Se]C)(c1ccccc1)C(C)(C)C. The van der Waals surface area contributed by atoms with Crippen molar-refractivity contribution in [1.82, 2.24) is 0 Å². The first kappa shape index (κ1) is 13.6. The van der Waals surface area contributed by atoms with Gasteiger partial charge in [-0.3, -0.25) is 0 Å². The third-order valence-electron chi connectivity index (χ3n) is 2.49. The van der Waals surface area contributed by atoms with E-state index in [9.17, 15) is 0 Å². The summed E-state index contributed by atoms with van der Waals surface area (Å²) in [6.07, 6.45) is 2.29. The van der Waals surface area contributed by atoms with E-state index in [-0.39, 0.29) is 0 Å². The van der Waals surface area contributed by atoms with Crippen LogP contribution in [0.25, 0.3) is 0 Å². The molecule has 0 aliphatic heterocycles. The first-order valence-corrected chi connectivity index (χ1v) is 12.6. The molecule has 0 heterocycles. The summed E-state index contributed by atoms with van der Waals surface area (Å²) in [6, 6.07) is 11.1. The summed E-state index contributed by atoms with van der Waals surface area (Å²) in [5.41, 5.74) is 0. The Hall–Kier alpha value is 0.519. The second kappa shape index (κ2) is 5.23. The molecule has 0 aromatic heterocycles. The summed E-state index contributed by atoms with van der Waals surface area (Å²) < 4.78 is 0. The second-order valence-corrected chi connectivity index (χ2v) is 18.2. The van der Waals surface area contributed by atoms with E-state index in [1.54, 1.807) is 5.30 Å². The van der Waals surface area contributed by atoms with Crippen LogP contribution in [0.15, 0.2) is 30.3 Å². The van der Waals surface area contributed by atoms with E-state index < -0.39 is 5.15 Å². The molecule has 3 heteroatoms. The van der Waals surface area contributed by atoms with Gasteiger partial charge in [-0.15, -0.1) is 0 Å². The molecule has 84 valence electrons. The van der Waals surface area contributed by atoms with Gasteiger partial charge in [-0.1, -0.05) is 0 Å². The van der Waals surface area contributed by atoms with Crippen molar-refractivity contribution in [3.05, 3.63) is 30.3 Å². The average Bonchev–Trinajstić information content (AvgIpc) is 2.20. The molecule has 1 rings (SSSR count). The van der Waals surface area contributed by atoms with Crippen LogP contribution in [0.5, 0.6) is 0 Å². The molecule has 0 saturated heterocycles. The Kier molecular flexibility index (Phi) is 4.74. The zero-order valence-corrected chi connectivity index (χ0v) is 13.6. The molecule has 0 radical (unpaired) electrons. The fourth-order valence-corrected chi connectivity index (χ4v) is 16.3. The van der Waals surface area contributed by atoms with Gasteiger partial charge in [-0.25, -0.2) is 0 Å². The molecule has 15 heavy (non-hydrogen) atoms. The third kappa shape index (κ3) is 2.61. The average molecular weight is 306 g/mol. The molecule has 0 amide bonds. The molecule has 1 aromatic rings. The molecule has 0 aliphatic rings. The van der Waals surface area contributed by atoms with Gasteiger partial charge >= 0.3 is 105 Å². The van der Waals surface area contributed by atoms with E-state index in [0.717, 1.165) is 0 Å². The standard InChI is InChI=1S/C12H20PSSe/c1-12(2,3)13(14-4,15-5)11-9-7-6-8-10-11/h6-10H,1-5H3/q+1. The zero-order chi connectivity index (χ0) is 11.5. The summed E-state index contributed by atoms with van der Waals surface area (Å²) in [7, 11) is 0. The molecule has 0 fully saturated rings. The van der Waals surface area contributed by atoms with Gasteiger partial charge in [0.05, 0.1) is 0 Å². The van der Waals surface area contributed by atoms with Gasteiger partial charge in [0, 0.05) is 0 Å². The Labute approximate surface area is 104 Å². The first-order chi connectivity index (χ1) is 6.98. The van der Waals surface area contributed by atoms with E-state index in [2.05, 4.69) is 74.6 Å². The van der Waals surface area contributed by atoms with Crippen LogP contribution in [0, 0.1) is 0 Å². The normalized spacial score (nSPS) is 16.1. The molecule has 0 N–H and O–H groups in total. The predicted molar refractivity (Wildman–Crippen MR) is 77.9 cm³/mol. The van der Waals surface area contributed by atoms with E-state index in [0.29, 0.717) is 19.7 Å². The Balaban J connectivity index is 3.24. The summed E-state index contributed by atoms with van der Waals surface area (Å²) >= 11 is 2.82. The molecule has 1 unspecified atom stereocenters. The second-order valence-electron chi connectivity index (χ2n) is 4.42. The monoisotopic (exact) mass is 307 g/mol. The van der Waals surface area contributed by atoms with Gasteiger partial charge in [-0.2, -0.15) is 0 Å². The Morgan fingerprint density at radius 1 is 1.13 bits per heavy atom. The van der Waals surface area contributed by atoms with Crippen LogP contribution in [0.2, 0.25) is 5.82 Å². The Morgan fingerprint density at radius 3 is 2.00 bits per heavy atom. The predicted octanol–water partition coefficient (Wildman–Crippen LogP) is 4.07. The molecule has 0 aliphatic carbocycles. The fraction of sp³-hybridized carbons (Fsp3) is 0.500. The Bertz CT molecular complexity index is 301. The van der Waals surface area contributed by atoms with Crippen LogP contribution in [-0.4, -0.2) is 25.9 Å². The van der Waals surface area contributed by atoms with E-state index >= 15 is 0 Å². The van der Waals surface area contributed by atoms with Crippen molar-refractivity contribution in [2.24, 2.45) is 0 Å². The summed E-state index contributed by atoms with van der Waals surface area (Å²) in [6.45, 7) is 7.20. The van der Waals surface area contributed by atoms with Crippen molar-refractivity contribution >= 4 is 36.4 Å². The fourth-order valence-electron chi connectivity index (χ4n) is 1.84. The summed E-state index contributed by atoms with van der Waals surface area (Å²) in [5, 5.41) is 0.994. The minimum absolute atomic E-state index is 0.419. The topological polar surface area (TPSA) is 0 Å². The summed E-state index contributed by atoms with van der Waals surface area (Å²) in [4.78, 5) is 0. The van der Waals surface area contributed by atoms with Crippen molar-refractivity contribution in [1.29, 1.82) is 0 Å². The van der Waals surface area contributed by atoms with Gasteiger partial charge in [0.2, 0.25) is 0 Å². The number of benzene rings is 1. The number of hydrogen-bond donors (Lipinski definition) is 0. The molecule has 0 bridgehead atoms. The number of hydrogen-bond acceptors (Lipinski definition) is 1. The molecule has 0 saturated carbocycles. The zero-order valence-electron chi connectivity index (χ0n) is 10.2. The number of rotatable bonds is 3. The van der Waals surface area contributed by atoms with Gasteiger partial charge in [-0.05, 0) is 0 Å². The maximum atomic E-state index is 2.40. The minimum atomic E-state index is -1.01. The molecular weight excluding hydrogens is 286 g/mol. The molecule has 0 nitrogen and oxygen atoms in total. The van der Waals surface area contributed by atoms with Gasteiger partial charge in [0.1, 0.15) is 0 Å². The maximum absolute atomic E-state index is 2.40. The van der Waals surface area contributed by atoms with E-state index in [4.69, 9.17) is 0 Å². The van der Waals surface area contributed by atoms with Gasteiger partial charge < -0.3 is 0 Å². The van der Waals surface area contributed by atoms with Crippen LogP contribution in [-0.2, 0) is 0 Å². The first-order valence-electron chi connectivity index (χ1n) is 5.04. The van der Waals surface area contributed by atoms with E-state index in [1.807, 2.05) is 0 Å². The van der Waals surface area contributed by atoms with E-state index in [1.165, 1.54) is 0 Å². The van der Waals surface area contributed by atoms with Gasteiger partial charge in [0.25, 0.3) is 0 Å². The van der Waals surface area contributed by atoms with Gasteiger partial charge in [0.15, 0.2) is 0 Å².